The van der Waals surface area contributed by atoms with Gasteiger partial charge in [-0.05, 0) is 46.3 Å². The van der Waals surface area contributed by atoms with E-state index in [0.717, 1.165) is 11.6 Å². The van der Waals surface area contributed by atoms with Crippen LogP contribution in [0.15, 0.2) is 35.1 Å². The first-order chi connectivity index (χ1) is 12.3. The minimum atomic E-state index is -2.55. The standard InChI is InChI=1S/C20H28O7/c1-11(2)7-8-13-17(23)15(16(22)12(3)4)18(24)20(13,25)14(21)9-10-19(5,6)27-26/h7,9-10,12-13,24-26H,8H2,1-6H3/b10-9+/t13?,20-/m1/s1. The van der Waals surface area contributed by atoms with Crippen molar-refractivity contribution < 1.29 is 34.7 Å². The molecule has 150 valence electrons. The first-order valence-corrected chi connectivity index (χ1v) is 8.73. The van der Waals surface area contributed by atoms with E-state index in [1.54, 1.807) is 33.8 Å². The van der Waals surface area contributed by atoms with Gasteiger partial charge in [0.15, 0.2) is 23.0 Å². The molecule has 0 fully saturated rings. The molecule has 2 atom stereocenters. The van der Waals surface area contributed by atoms with Gasteiger partial charge in [-0.3, -0.25) is 19.6 Å². The Labute approximate surface area is 159 Å². The number of hydrogen-bond donors (Lipinski definition) is 3. The largest absolute Gasteiger partial charge is 0.508 e. The van der Waals surface area contributed by atoms with E-state index in [1.807, 2.05) is 0 Å². The molecule has 0 spiro atoms. The first-order valence-electron chi connectivity index (χ1n) is 8.73. The van der Waals surface area contributed by atoms with Crippen molar-refractivity contribution in [3.8, 4) is 0 Å². The highest BCUT2D eigenvalue weighted by atomic mass is 17.1. The van der Waals surface area contributed by atoms with Crippen LogP contribution >= 0.6 is 0 Å². The van der Waals surface area contributed by atoms with Crippen molar-refractivity contribution in [3.05, 3.63) is 35.1 Å². The number of aliphatic hydroxyl groups is 2. The molecular formula is C20H28O7. The summed E-state index contributed by atoms with van der Waals surface area (Å²) < 4.78 is 0. The van der Waals surface area contributed by atoms with Crippen LogP contribution in [0.3, 0.4) is 0 Å². The monoisotopic (exact) mass is 380 g/mol. The van der Waals surface area contributed by atoms with Crippen LogP contribution in [0.25, 0.3) is 0 Å². The maximum absolute atomic E-state index is 12.8. The van der Waals surface area contributed by atoms with Gasteiger partial charge in [-0.1, -0.05) is 25.5 Å². The van der Waals surface area contributed by atoms with E-state index in [-0.39, 0.29) is 6.42 Å². The molecule has 0 heterocycles. The number of hydrogen-bond acceptors (Lipinski definition) is 7. The number of allylic oxidation sites excluding steroid dienone is 3. The highest BCUT2D eigenvalue weighted by Crippen LogP contribution is 2.41. The minimum absolute atomic E-state index is 0.0178. The Kier molecular flexibility index (Phi) is 7.05. The van der Waals surface area contributed by atoms with Crippen LogP contribution in [0.2, 0.25) is 0 Å². The second-order valence-electron chi connectivity index (χ2n) is 7.84. The van der Waals surface area contributed by atoms with Gasteiger partial charge < -0.3 is 10.2 Å². The summed E-state index contributed by atoms with van der Waals surface area (Å²) in [6.45, 7) is 9.61. The van der Waals surface area contributed by atoms with E-state index in [4.69, 9.17) is 5.26 Å². The first kappa shape index (κ1) is 23.0. The molecule has 0 aliphatic heterocycles. The Morgan fingerprint density at radius 3 is 2.30 bits per heavy atom. The molecule has 0 radical (unpaired) electrons. The van der Waals surface area contributed by atoms with Gasteiger partial charge in [0.25, 0.3) is 0 Å². The van der Waals surface area contributed by atoms with Crippen molar-refractivity contribution in [2.24, 2.45) is 11.8 Å². The average Bonchev–Trinajstić information content (AvgIpc) is 2.77. The summed E-state index contributed by atoms with van der Waals surface area (Å²) in [5, 5.41) is 30.4. The third-order valence-corrected chi connectivity index (χ3v) is 4.44. The molecule has 0 bridgehead atoms. The van der Waals surface area contributed by atoms with Crippen LogP contribution in [0, 0.1) is 11.8 Å². The van der Waals surface area contributed by atoms with Gasteiger partial charge >= 0.3 is 0 Å². The fraction of sp³-hybridized carbons (Fsp3) is 0.550. The number of carbonyl (C=O) groups excluding carboxylic acids is 3. The lowest BCUT2D eigenvalue weighted by atomic mass is 9.81. The summed E-state index contributed by atoms with van der Waals surface area (Å²) in [5.41, 5.74) is -3.45. The number of carbonyl (C=O) groups is 3. The molecule has 1 unspecified atom stereocenters. The summed E-state index contributed by atoms with van der Waals surface area (Å²) in [4.78, 5) is 42.1. The molecule has 7 heteroatoms. The highest BCUT2D eigenvalue weighted by molar-refractivity contribution is 6.27. The predicted octanol–water partition coefficient (Wildman–Crippen LogP) is 2.70. The summed E-state index contributed by atoms with van der Waals surface area (Å²) in [6.07, 6.45) is 3.75. The molecule has 1 aliphatic rings. The fourth-order valence-corrected chi connectivity index (χ4v) is 2.72. The molecule has 27 heavy (non-hydrogen) atoms. The van der Waals surface area contributed by atoms with Crippen molar-refractivity contribution in [3.63, 3.8) is 0 Å². The maximum Gasteiger partial charge on any atom is 0.195 e. The fourth-order valence-electron chi connectivity index (χ4n) is 2.72. The van der Waals surface area contributed by atoms with Crippen molar-refractivity contribution in [2.75, 3.05) is 0 Å². The van der Waals surface area contributed by atoms with Gasteiger partial charge in [0.05, 0.1) is 5.92 Å². The molecule has 0 saturated carbocycles. The topological polar surface area (TPSA) is 121 Å². The van der Waals surface area contributed by atoms with Crippen molar-refractivity contribution in [2.45, 2.75) is 59.2 Å². The zero-order chi connectivity index (χ0) is 21.2. The number of aliphatic hydroxyl groups excluding tert-OH is 1. The Balaban J connectivity index is 3.49. The highest BCUT2D eigenvalue weighted by Gasteiger charge is 2.58. The van der Waals surface area contributed by atoms with Crippen LogP contribution < -0.4 is 0 Å². The van der Waals surface area contributed by atoms with Gasteiger partial charge in [0, 0.05) is 5.92 Å². The molecule has 0 aromatic carbocycles. The zero-order valence-electron chi connectivity index (χ0n) is 16.6. The predicted molar refractivity (Wildman–Crippen MR) is 98.9 cm³/mol. The van der Waals surface area contributed by atoms with Crippen LogP contribution in [0.4, 0.5) is 0 Å². The quantitative estimate of drug-likeness (QED) is 0.195. The Morgan fingerprint density at radius 1 is 1.30 bits per heavy atom. The third-order valence-electron chi connectivity index (χ3n) is 4.44. The van der Waals surface area contributed by atoms with E-state index < -0.39 is 51.7 Å². The molecule has 0 aromatic heterocycles. The van der Waals surface area contributed by atoms with E-state index in [0.29, 0.717) is 0 Å². The van der Waals surface area contributed by atoms with Crippen LogP contribution in [-0.4, -0.2) is 44.0 Å². The molecule has 1 aliphatic carbocycles. The smallest absolute Gasteiger partial charge is 0.195 e. The molecule has 7 nitrogen and oxygen atoms in total. The third kappa shape index (κ3) is 4.61. The Morgan fingerprint density at radius 2 is 1.85 bits per heavy atom. The van der Waals surface area contributed by atoms with Crippen molar-refractivity contribution in [1.29, 1.82) is 0 Å². The lowest BCUT2D eigenvalue weighted by Gasteiger charge is -2.26. The van der Waals surface area contributed by atoms with Crippen LogP contribution in [0.1, 0.15) is 48.0 Å². The van der Waals surface area contributed by atoms with Gasteiger partial charge in [-0.15, -0.1) is 0 Å². The average molecular weight is 380 g/mol. The number of Topliss-reactive ketones (excluding diaryl/α,β-unsaturated/α-hetero) is 2. The Hall–Kier alpha value is -2.09. The normalized spacial score (nSPS) is 23.4. The molecule has 0 saturated heterocycles. The van der Waals surface area contributed by atoms with Crippen molar-refractivity contribution in [1.82, 2.24) is 0 Å². The molecule has 0 aromatic rings. The van der Waals surface area contributed by atoms with Gasteiger partial charge in [0.1, 0.15) is 16.9 Å². The summed E-state index contributed by atoms with van der Waals surface area (Å²) in [6, 6.07) is 0. The van der Waals surface area contributed by atoms with Crippen molar-refractivity contribution >= 4 is 17.3 Å². The van der Waals surface area contributed by atoms with E-state index in [9.17, 15) is 24.6 Å². The second kappa shape index (κ2) is 8.29. The zero-order valence-corrected chi connectivity index (χ0v) is 16.6. The van der Waals surface area contributed by atoms with E-state index in [2.05, 4.69) is 4.89 Å². The summed E-state index contributed by atoms with van der Waals surface area (Å²) >= 11 is 0. The number of rotatable bonds is 8. The van der Waals surface area contributed by atoms with E-state index >= 15 is 0 Å². The molecule has 0 amide bonds. The summed E-state index contributed by atoms with van der Waals surface area (Å²) in [7, 11) is 0. The minimum Gasteiger partial charge on any atom is -0.508 e. The summed E-state index contributed by atoms with van der Waals surface area (Å²) in [5.74, 6) is -5.20. The van der Waals surface area contributed by atoms with Gasteiger partial charge in [-0.25, -0.2) is 4.89 Å². The maximum atomic E-state index is 12.8. The van der Waals surface area contributed by atoms with Crippen LogP contribution in [0.5, 0.6) is 0 Å². The second-order valence-corrected chi connectivity index (χ2v) is 7.84. The van der Waals surface area contributed by atoms with Gasteiger partial charge in [0.2, 0.25) is 0 Å². The number of ketones is 3. The molecular weight excluding hydrogens is 352 g/mol. The van der Waals surface area contributed by atoms with Gasteiger partial charge in [-0.2, -0.15) is 0 Å². The lowest BCUT2D eigenvalue weighted by Crippen LogP contribution is -2.46. The molecule has 1 rings (SSSR count). The van der Waals surface area contributed by atoms with Crippen LogP contribution in [-0.2, 0) is 19.3 Å². The SMILES string of the molecule is CC(C)=CCC1C(=O)C(C(=O)C(C)C)=C(O)[C@]1(O)C(=O)/C=C/C(C)(C)OO. The Bertz CT molecular complexity index is 721. The molecule has 3 N–H and O–H groups in total. The van der Waals surface area contributed by atoms with E-state index in [1.165, 1.54) is 19.9 Å². The lowest BCUT2D eigenvalue weighted by molar-refractivity contribution is -0.297.